The zero-order valence-corrected chi connectivity index (χ0v) is 17.1. The first-order valence-electron chi connectivity index (χ1n) is 9.79. The maximum atomic E-state index is 9.95. The minimum Gasteiger partial charge on any atom is -0.508 e. The second-order valence-electron chi connectivity index (χ2n) is 7.40. The molecule has 2 aromatic carbocycles. The van der Waals surface area contributed by atoms with Crippen LogP contribution in [-0.4, -0.2) is 22.9 Å². The molecular formula is C22H25N3O3S. The number of phenols is 1. The van der Waals surface area contributed by atoms with Crippen LogP contribution in [0, 0.1) is 0 Å². The van der Waals surface area contributed by atoms with Gasteiger partial charge in [0.2, 0.25) is 0 Å². The van der Waals surface area contributed by atoms with E-state index in [1.165, 1.54) is 6.42 Å². The number of hydrogen-bond donors (Lipinski definition) is 4. The fourth-order valence-corrected chi connectivity index (χ4v) is 4.06. The van der Waals surface area contributed by atoms with E-state index in [0.717, 1.165) is 54.1 Å². The molecule has 4 rings (SSSR count). The molecule has 0 radical (unpaired) electrons. The van der Waals surface area contributed by atoms with Gasteiger partial charge in [-0.2, -0.15) is 0 Å². The molecule has 1 aliphatic heterocycles. The van der Waals surface area contributed by atoms with Crippen LogP contribution in [0.2, 0.25) is 0 Å². The van der Waals surface area contributed by atoms with Gasteiger partial charge in [-0.15, -0.1) is 0 Å². The molecule has 152 valence electrons. The third kappa shape index (κ3) is 4.40. The molecule has 2 aliphatic rings. The van der Waals surface area contributed by atoms with Crippen LogP contribution < -0.4 is 25.6 Å². The monoisotopic (exact) mass is 411 g/mol. The summed E-state index contributed by atoms with van der Waals surface area (Å²) < 4.78 is 11.6. The number of fused-ring (bicyclic) bond motifs is 1. The number of hydrogen-bond acceptors (Lipinski definition) is 5. The number of ether oxygens (including phenoxy) is 2. The minimum absolute atomic E-state index is 0.191. The zero-order chi connectivity index (χ0) is 20.3. The second-order valence-corrected chi connectivity index (χ2v) is 7.81. The summed E-state index contributed by atoms with van der Waals surface area (Å²) in [4.78, 5) is 0. The molecule has 0 bridgehead atoms. The Bertz CT molecular complexity index is 939. The van der Waals surface area contributed by atoms with Crippen LogP contribution in [0.5, 0.6) is 17.2 Å². The smallest absolute Gasteiger partial charge is 0.189 e. The highest BCUT2D eigenvalue weighted by molar-refractivity contribution is 7.80. The summed E-state index contributed by atoms with van der Waals surface area (Å²) in [5.41, 5.74) is 8.42. The van der Waals surface area contributed by atoms with Gasteiger partial charge in [0.1, 0.15) is 22.8 Å². The Hall–Kier alpha value is -2.93. The Kier molecular flexibility index (Phi) is 5.49. The number of hydrazine groups is 1. The Balaban J connectivity index is 1.50. The van der Waals surface area contributed by atoms with Gasteiger partial charge in [-0.3, -0.25) is 10.9 Å². The Morgan fingerprint density at radius 2 is 1.97 bits per heavy atom. The highest BCUT2D eigenvalue weighted by atomic mass is 32.1. The van der Waals surface area contributed by atoms with E-state index in [2.05, 4.69) is 22.2 Å². The van der Waals surface area contributed by atoms with Gasteiger partial charge in [-0.1, -0.05) is 12.5 Å². The standard InChI is InChI=1S/C22H25N3O3S/c1-27-17-7-5-6-15(12-17)23-21(29)25-24-19-14-22(10-3-2-4-11-22)28-20-9-8-16(26)13-18(19)20/h5-9,12-14,24,26H,2-4,10-11H2,1H3,(H2,23,25,29). The largest absolute Gasteiger partial charge is 0.508 e. The fraction of sp³-hybridized carbons (Fsp3) is 0.318. The highest BCUT2D eigenvalue weighted by Crippen LogP contribution is 2.42. The Labute approximate surface area is 175 Å². The van der Waals surface area contributed by atoms with Crippen molar-refractivity contribution in [2.75, 3.05) is 12.4 Å². The maximum absolute atomic E-state index is 9.95. The van der Waals surface area contributed by atoms with Crippen molar-refractivity contribution in [2.24, 2.45) is 0 Å². The third-order valence-electron chi connectivity index (χ3n) is 5.31. The molecule has 4 N–H and O–H groups in total. The van der Waals surface area contributed by atoms with Gasteiger partial charge in [0.25, 0.3) is 0 Å². The predicted molar refractivity (Wildman–Crippen MR) is 118 cm³/mol. The topological polar surface area (TPSA) is 74.8 Å². The van der Waals surface area contributed by atoms with Gasteiger partial charge in [0, 0.05) is 17.3 Å². The number of rotatable bonds is 4. The first kappa shape index (κ1) is 19.4. The van der Waals surface area contributed by atoms with E-state index in [0.29, 0.717) is 5.11 Å². The van der Waals surface area contributed by atoms with E-state index in [1.807, 2.05) is 30.3 Å². The van der Waals surface area contributed by atoms with Crippen LogP contribution in [0.15, 0.2) is 48.5 Å². The summed E-state index contributed by atoms with van der Waals surface area (Å²) in [7, 11) is 1.63. The predicted octanol–water partition coefficient (Wildman–Crippen LogP) is 4.33. The van der Waals surface area contributed by atoms with Crippen LogP contribution in [0.1, 0.15) is 37.7 Å². The van der Waals surface area contributed by atoms with Crippen molar-refractivity contribution < 1.29 is 14.6 Å². The number of anilines is 1. The van der Waals surface area contributed by atoms with Crippen LogP contribution >= 0.6 is 12.2 Å². The van der Waals surface area contributed by atoms with Crippen molar-refractivity contribution >= 4 is 28.7 Å². The summed E-state index contributed by atoms with van der Waals surface area (Å²) >= 11 is 5.42. The number of thiocarbonyl (C=S) groups is 1. The summed E-state index contributed by atoms with van der Waals surface area (Å²) in [6.45, 7) is 0. The molecule has 0 amide bonds. The lowest BCUT2D eigenvalue weighted by Crippen LogP contribution is -2.44. The van der Waals surface area contributed by atoms with Crippen LogP contribution in [-0.2, 0) is 0 Å². The molecule has 1 saturated carbocycles. The van der Waals surface area contributed by atoms with Crippen molar-refractivity contribution in [3.05, 3.63) is 54.1 Å². The quantitative estimate of drug-likeness (QED) is 0.441. The summed E-state index contributed by atoms with van der Waals surface area (Å²) in [6.07, 6.45) is 7.59. The number of phenolic OH excluding ortho intramolecular Hbond substituents is 1. The molecule has 2 aromatic rings. The van der Waals surface area contributed by atoms with Gasteiger partial charge >= 0.3 is 0 Å². The average molecular weight is 412 g/mol. The van der Waals surface area contributed by atoms with Gasteiger partial charge in [0.05, 0.1) is 12.8 Å². The van der Waals surface area contributed by atoms with Crippen molar-refractivity contribution in [3.63, 3.8) is 0 Å². The molecule has 1 aliphatic carbocycles. The lowest BCUT2D eigenvalue weighted by atomic mass is 9.82. The SMILES string of the molecule is COc1cccc(NC(=S)NNC2=CC3(CCCCC3)Oc3ccc(O)cc32)c1. The third-order valence-corrected chi connectivity index (χ3v) is 5.52. The van der Waals surface area contributed by atoms with Crippen molar-refractivity contribution in [1.82, 2.24) is 10.9 Å². The van der Waals surface area contributed by atoms with Crippen molar-refractivity contribution in [1.29, 1.82) is 0 Å². The van der Waals surface area contributed by atoms with Crippen LogP contribution in [0.3, 0.4) is 0 Å². The maximum Gasteiger partial charge on any atom is 0.189 e. The van der Waals surface area contributed by atoms with E-state index >= 15 is 0 Å². The average Bonchev–Trinajstić information content (AvgIpc) is 2.73. The summed E-state index contributed by atoms with van der Waals surface area (Å²) in [5, 5.41) is 13.5. The minimum atomic E-state index is -0.311. The molecule has 1 spiro atoms. The lowest BCUT2D eigenvalue weighted by Gasteiger charge is -2.39. The first-order chi connectivity index (χ1) is 14.1. The van der Waals surface area contributed by atoms with Crippen molar-refractivity contribution in [2.45, 2.75) is 37.7 Å². The van der Waals surface area contributed by atoms with E-state index in [1.54, 1.807) is 19.2 Å². The summed E-state index contributed by atoms with van der Waals surface area (Å²) in [5.74, 6) is 1.71. The molecule has 1 fully saturated rings. The van der Waals surface area contributed by atoms with Crippen LogP contribution in [0.4, 0.5) is 5.69 Å². The Morgan fingerprint density at radius 3 is 2.76 bits per heavy atom. The highest BCUT2D eigenvalue weighted by Gasteiger charge is 2.37. The first-order valence-corrected chi connectivity index (χ1v) is 10.2. The normalized spacial score (nSPS) is 16.8. The van der Waals surface area contributed by atoms with E-state index in [9.17, 15) is 5.11 Å². The molecule has 0 saturated heterocycles. The number of methoxy groups -OCH3 is 1. The van der Waals surface area contributed by atoms with Gasteiger partial charge in [0.15, 0.2) is 5.11 Å². The van der Waals surface area contributed by atoms with Gasteiger partial charge < -0.3 is 19.9 Å². The molecule has 7 heteroatoms. The molecular weight excluding hydrogens is 386 g/mol. The Morgan fingerprint density at radius 1 is 1.14 bits per heavy atom. The number of nitrogens with one attached hydrogen (secondary N) is 3. The molecule has 1 heterocycles. The van der Waals surface area contributed by atoms with E-state index in [-0.39, 0.29) is 11.4 Å². The van der Waals surface area contributed by atoms with E-state index < -0.39 is 0 Å². The lowest BCUT2D eigenvalue weighted by molar-refractivity contribution is 0.0739. The number of benzene rings is 2. The molecule has 29 heavy (non-hydrogen) atoms. The van der Waals surface area contributed by atoms with Crippen LogP contribution in [0.25, 0.3) is 5.70 Å². The molecule has 0 aromatic heterocycles. The van der Waals surface area contributed by atoms with Crippen molar-refractivity contribution in [3.8, 4) is 17.2 Å². The van der Waals surface area contributed by atoms with Gasteiger partial charge in [-0.05, 0) is 74.3 Å². The molecule has 6 nitrogen and oxygen atoms in total. The molecule has 0 unspecified atom stereocenters. The molecule has 0 atom stereocenters. The van der Waals surface area contributed by atoms with E-state index in [4.69, 9.17) is 21.7 Å². The number of aromatic hydroxyl groups is 1. The van der Waals surface area contributed by atoms with Gasteiger partial charge in [-0.25, -0.2) is 0 Å². The fourth-order valence-electron chi connectivity index (χ4n) is 3.89. The zero-order valence-electron chi connectivity index (χ0n) is 16.3. The summed E-state index contributed by atoms with van der Waals surface area (Å²) in [6, 6.07) is 12.7. The second kappa shape index (κ2) is 8.21.